The summed E-state index contributed by atoms with van der Waals surface area (Å²) in [4.78, 5) is 12.2. The first-order valence-electron chi connectivity index (χ1n) is 5.54. The molecule has 2 rings (SSSR count). The lowest BCUT2D eigenvalue weighted by Crippen LogP contribution is -2.13. The lowest BCUT2D eigenvalue weighted by molar-refractivity contribution is 0.102. The number of halogens is 2. The van der Waals surface area contributed by atoms with E-state index in [0.29, 0.717) is 16.3 Å². The Hall–Kier alpha value is -1.52. The summed E-state index contributed by atoms with van der Waals surface area (Å²) in [6, 6.07) is 9.32. The first-order valence-corrected chi connectivity index (χ1v) is 6.36. The number of hydrogen-bond donors (Lipinski definition) is 2. The highest BCUT2D eigenvalue weighted by Crippen LogP contribution is 2.26. The van der Waals surface area contributed by atoms with E-state index in [-0.39, 0.29) is 10.8 Å². The minimum atomic E-state index is -0.464. The number of hydrogen-bond acceptors (Lipinski definition) is 2. The summed E-state index contributed by atoms with van der Waals surface area (Å²) in [5.74, 6) is -0.819. The van der Waals surface area contributed by atoms with Gasteiger partial charge in [0.25, 0.3) is 5.91 Å². The molecule has 0 radical (unpaired) electrons. The average molecular weight is 296 g/mol. The number of aryl methyl sites for hydroxylation is 1. The number of amides is 1. The van der Waals surface area contributed by atoms with Crippen LogP contribution in [0.3, 0.4) is 0 Å². The van der Waals surface area contributed by atoms with E-state index in [1.54, 1.807) is 12.1 Å². The molecule has 1 N–H and O–H groups in total. The monoisotopic (exact) mass is 295 g/mol. The number of benzene rings is 2. The molecule has 1 amide bonds. The van der Waals surface area contributed by atoms with E-state index in [2.05, 4.69) is 17.9 Å². The Morgan fingerprint density at radius 3 is 2.68 bits per heavy atom. The highest BCUT2D eigenvalue weighted by atomic mass is 35.5. The molecule has 0 spiro atoms. The standard InChI is InChI=1S/C14H11ClFNOS/c1-8-3-2-4-10(15)13(8)17-14(18)9-5-6-11(16)12(19)7-9/h2-7,19H,1H3,(H,17,18). The maximum Gasteiger partial charge on any atom is 0.255 e. The van der Waals surface area contributed by atoms with Crippen LogP contribution in [0.15, 0.2) is 41.3 Å². The predicted molar refractivity (Wildman–Crippen MR) is 77.8 cm³/mol. The second-order valence-corrected chi connectivity index (χ2v) is 4.94. The zero-order chi connectivity index (χ0) is 14.0. The van der Waals surface area contributed by atoms with Crippen LogP contribution in [0.1, 0.15) is 15.9 Å². The van der Waals surface area contributed by atoms with Gasteiger partial charge in [0, 0.05) is 10.5 Å². The molecule has 0 saturated carbocycles. The van der Waals surface area contributed by atoms with Crippen LogP contribution in [0, 0.1) is 12.7 Å². The molecule has 19 heavy (non-hydrogen) atoms. The summed E-state index contributed by atoms with van der Waals surface area (Å²) in [7, 11) is 0. The molecule has 0 saturated heterocycles. The van der Waals surface area contributed by atoms with Crippen molar-refractivity contribution in [3.8, 4) is 0 Å². The molecule has 0 aliphatic heterocycles. The van der Waals surface area contributed by atoms with Crippen LogP contribution in [-0.2, 0) is 0 Å². The Bertz CT molecular complexity index is 625. The van der Waals surface area contributed by atoms with E-state index in [9.17, 15) is 9.18 Å². The summed E-state index contributed by atoms with van der Waals surface area (Å²) in [6.07, 6.45) is 0. The molecule has 0 unspecified atom stereocenters. The third kappa shape index (κ3) is 3.08. The Morgan fingerprint density at radius 2 is 2.05 bits per heavy atom. The largest absolute Gasteiger partial charge is 0.320 e. The molecule has 0 atom stereocenters. The molecule has 0 aliphatic carbocycles. The van der Waals surface area contributed by atoms with Gasteiger partial charge in [0.2, 0.25) is 0 Å². The van der Waals surface area contributed by atoms with Crippen molar-refractivity contribution in [1.82, 2.24) is 0 Å². The number of rotatable bonds is 2. The topological polar surface area (TPSA) is 29.1 Å². The average Bonchev–Trinajstić information content (AvgIpc) is 2.37. The molecule has 0 aromatic heterocycles. The molecule has 5 heteroatoms. The lowest BCUT2D eigenvalue weighted by Gasteiger charge is -2.10. The van der Waals surface area contributed by atoms with Crippen LogP contribution in [-0.4, -0.2) is 5.91 Å². The van der Waals surface area contributed by atoms with Gasteiger partial charge in [-0.2, -0.15) is 0 Å². The van der Waals surface area contributed by atoms with Gasteiger partial charge in [0.05, 0.1) is 10.7 Å². The summed E-state index contributed by atoms with van der Waals surface area (Å²) >= 11 is 9.98. The van der Waals surface area contributed by atoms with E-state index in [1.807, 2.05) is 13.0 Å². The van der Waals surface area contributed by atoms with Crippen LogP contribution >= 0.6 is 24.2 Å². The van der Waals surface area contributed by atoms with Gasteiger partial charge in [0.1, 0.15) is 5.82 Å². The Balaban J connectivity index is 2.28. The van der Waals surface area contributed by atoms with Gasteiger partial charge in [-0.1, -0.05) is 23.7 Å². The smallest absolute Gasteiger partial charge is 0.255 e. The van der Waals surface area contributed by atoms with Gasteiger partial charge in [-0.05, 0) is 36.8 Å². The molecular formula is C14H11ClFNOS. The Labute approximate surface area is 121 Å². The minimum absolute atomic E-state index is 0.128. The molecule has 0 heterocycles. The number of para-hydroxylation sites is 1. The summed E-state index contributed by atoms with van der Waals surface area (Å²) in [5, 5.41) is 3.17. The molecule has 2 nitrogen and oxygen atoms in total. The molecule has 2 aromatic carbocycles. The molecule has 0 fully saturated rings. The molecular weight excluding hydrogens is 285 g/mol. The van der Waals surface area contributed by atoms with Crippen LogP contribution < -0.4 is 5.32 Å². The van der Waals surface area contributed by atoms with Gasteiger partial charge in [-0.3, -0.25) is 4.79 Å². The van der Waals surface area contributed by atoms with E-state index >= 15 is 0 Å². The summed E-state index contributed by atoms with van der Waals surface area (Å²) in [5.41, 5.74) is 1.74. The van der Waals surface area contributed by atoms with Crippen LogP contribution in [0.5, 0.6) is 0 Å². The van der Waals surface area contributed by atoms with Crippen molar-refractivity contribution in [2.75, 3.05) is 5.32 Å². The molecule has 2 aromatic rings. The summed E-state index contributed by atoms with van der Waals surface area (Å²) in [6.45, 7) is 1.84. The van der Waals surface area contributed by atoms with E-state index in [4.69, 9.17) is 11.6 Å². The predicted octanol–water partition coefficient (Wildman–Crippen LogP) is 4.33. The van der Waals surface area contributed by atoms with Gasteiger partial charge >= 0.3 is 0 Å². The second-order valence-electron chi connectivity index (χ2n) is 4.05. The van der Waals surface area contributed by atoms with E-state index < -0.39 is 5.82 Å². The zero-order valence-corrected chi connectivity index (χ0v) is 11.7. The van der Waals surface area contributed by atoms with Gasteiger partial charge < -0.3 is 5.32 Å². The number of nitrogens with one attached hydrogen (secondary N) is 1. The third-order valence-electron chi connectivity index (χ3n) is 2.67. The SMILES string of the molecule is Cc1cccc(Cl)c1NC(=O)c1ccc(F)c(S)c1. The van der Waals surface area contributed by atoms with E-state index in [1.165, 1.54) is 18.2 Å². The van der Waals surface area contributed by atoms with Gasteiger partial charge in [-0.25, -0.2) is 4.39 Å². The quantitative estimate of drug-likeness (QED) is 0.793. The van der Waals surface area contributed by atoms with Crippen molar-refractivity contribution in [1.29, 1.82) is 0 Å². The normalized spacial score (nSPS) is 10.3. The fourth-order valence-electron chi connectivity index (χ4n) is 1.63. The van der Waals surface area contributed by atoms with E-state index in [0.717, 1.165) is 5.56 Å². The Kier molecular flexibility index (Phi) is 4.12. The molecule has 98 valence electrons. The number of carbonyl (C=O) groups excluding carboxylic acids is 1. The van der Waals surface area contributed by atoms with Gasteiger partial charge in [0.15, 0.2) is 0 Å². The van der Waals surface area contributed by atoms with Crippen LogP contribution in [0.25, 0.3) is 0 Å². The second kappa shape index (κ2) is 5.63. The van der Waals surface area contributed by atoms with Crippen molar-refractivity contribution in [2.45, 2.75) is 11.8 Å². The first kappa shape index (κ1) is 13.9. The fraction of sp³-hybridized carbons (Fsp3) is 0.0714. The van der Waals surface area contributed by atoms with Crippen molar-refractivity contribution in [3.63, 3.8) is 0 Å². The Morgan fingerprint density at radius 1 is 1.32 bits per heavy atom. The molecule has 0 bridgehead atoms. The van der Waals surface area contributed by atoms with Crippen LogP contribution in [0.2, 0.25) is 5.02 Å². The third-order valence-corrected chi connectivity index (χ3v) is 3.33. The summed E-state index contributed by atoms with van der Waals surface area (Å²) < 4.78 is 13.1. The van der Waals surface area contributed by atoms with Crippen molar-refractivity contribution >= 4 is 35.8 Å². The first-order chi connectivity index (χ1) is 8.99. The van der Waals surface area contributed by atoms with Crippen LogP contribution in [0.4, 0.5) is 10.1 Å². The maximum absolute atomic E-state index is 13.1. The fourth-order valence-corrected chi connectivity index (χ4v) is 2.11. The number of carbonyl (C=O) groups is 1. The zero-order valence-electron chi connectivity index (χ0n) is 10.1. The van der Waals surface area contributed by atoms with Crippen molar-refractivity contribution in [2.24, 2.45) is 0 Å². The highest BCUT2D eigenvalue weighted by Gasteiger charge is 2.11. The van der Waals surface area contributed by atoms with Crippen molar-refractivity contribution in [3.05, 3.63) is 58.4 Å². The lowest BCUT2D eigenvalue weighted by atomic mass is 10.1. The number of anilines is 1. The number of thiol groups is 1. The maximum atomic E-state index is 13.1. The highest BCUT2D eigenvalue weighted by molar-refractivity contribution is 7.80. The minimum Gasteiger partial charge on any atom is -0.320 e. The molecule has 0 aliphatic rings. The van der Waals surface area contributed by atoms with Crippen molar-refractivity contribution < 1.29 is 9.18 Å². The van der Waals surface area contributed by atoms with Gasteiger partial charge in [-0.15, -0.1) is 12.6 Å².